The molecule has 0 saturated heterocycles. The Balaban J connectivity index is 0.000000169. The Labute approximate surface area is 315 Å². The number of carbonyl (C=O) groups excluding carboxylic acids is 9. The van der Waals surface area contributed by atoms with Crippen LogP contribution < -0.4 is 0 Å². The highest BCUT2D eigenvalue weighted by Crippen LogP contribution is 2.26. The molecule has 0 aliphatic carbocycles. The molecule has 15 nitrogen and oxygen atoms in total. The van der Waals surface area contributed by atoms with E-state index < -0.39 is 29.7 Å². The van der Waals surface area contributed by atoms with Gasteiger partial charge in [0.2, 0.25) is 24.3 Å². The second kappa shape index (κ2) is 17.9. The summed E-state index contributed by atoms with van der Waals surface area (Å²) in [6.45, 7) is 1.80. The molecule has 0 amide bonds. The lowest BCUT2D eigenvalue weighted by Crippen LogP contribution is -2.05. The number of hydrogen-bond donors (Lipinski definition) is 0. The standard InChI is InChI=1S/C17H6O7.C15H10N2O2.C9H6N2O2/c18-13(7-1-3-9-11(5-7)16(21)23-14(9)19)8-2-4-10-12(6-8)17(22)24-15(10)20;18-10-16-14-5-1-12(2-6-14)9-13-3-7-15(8-4-13)17-11-19;1-7-2-3-8(10-5-12)4-9(7)11-6-13/h1-6H;1-8H,9H2;2-4H,1H3. The average molecular weight is 747 g/mol. The van der Waals surface area contributed by atoms with Crippen molar-refractivity contribution in [1.29, 1.82) is 0 Å². The Morgan fingerprint density at radius 1 is 0.482 bits per heavy atom. The highest BCUT2D eigenvalue weighted by atomic mass is 16.6. The Morgan fingerprint density at radius 3 is 1.30 bits per heavy atom. The molecule has 2 heterocycles. The van der Waals surface area contributed by atoms with Crippen LogP contribution in [0.3, 0.4) is 0 Å². The molecule has 0 atom stereocenters. The molecular weight excluding hydrogens is 724 g/mol. The first-order valence-corrected chi connectivity index (χ1v) is 16.0. The van der Waals surface area contributed by atoms with E-state index in [1.54, 1.807) is 43.3 Å². The number of ketones is 1. The molecule has 15 heteroatoms. The van der Waals surface area contributed by atoms with E-state index in [-0.39, 0.29) is 33.4 Å². The quantitative estimate of drug-likeness (QED) is 0.0535. The summed E-state index contributed by atoms with van der Waals surface area (Å²) >= 11 is 0. The predicted molar refractivity (Wildman–Crippen MR) is 194 cm³/mol. The zero-order valence-electron chi connectivity index (χ0n) is 28.8. The Hall–Kier alpha value is -8.43. The van der Waals surface area contributed by atoms with Crippen molar-refractivity contribution in [3.8, 4) is 0 Å². The molecule has 56 heavy (non-hydrogen) atoms. The van der Waals surface area contributed by atoms with E-state index in [1.807, 2.05) is 24.3 Å². The largest absolute Gasteiger partial charge is 0.386 e. The molecule has 5 aromatic rings. The van der Waals surface area contributed by atoms with Gasteiger partial charge in [0.05, 0.1) is 45.0 Å². The topological polar surface area (TPSA) is 222 Å². The van der Waals surface area contributed by atoms with Gasteiger partial charge in [-0.3, -0.25) is 4.79 Å². The van der Waals surface area contributed by atoms with Gasteiger partial charge in [-0.05, 0) is 90.7 Å². The number of benzene rings is 5. The molecule has 0 saturated carbocycles. The van der Waals surface area contributed by atoms with Crippen LogP contribution in [0.5, 0.6) is 0 Å². The zero-order chi connectivity index (χ0) is 40.2. The van der Waals surface area contributed by atoms with Gasteiger partial charge >= 0.3 is 23.9 Å². The van der Waals surface area contributed by atoms with Crippen LogP contribution in [-0.2, 0) is 35.1 Å². The van der Waals surface area contributed by atoms with Crippen molar-refractivity contribution in [1.82, 2.24) is 0 Å². The third kappa shape index (κ3) is 9.32. The van der Waals surface area contributed by atoms with E-state index >= 15 is 0 Å². The fourth-order valence-corrected chi connectivity index (χ4v) is 5.23. The molecule has 0 fully saturated rings. The molecule has 5 aromatic carbocycles. The minimum Gasteiger partial charge on any atom is -0.386 e. The zero-order valence-corrected chi connectivity index (χ0v) is 28.8. The predicted octanol–water partition coefficient (Wildman–Crippen LogP) is 6.68. The maximum absolute atomic E-state index is 12.5. The van der Waals surface area contributed by atoms with E-state index in [4.69, 9.17) is 0 Å². The van der Waals surface area contributed by atoms with E-state index in [0.29, 0.717) is 22.7 Å². The highest BCUT2D eigenvalue weighted by molar-refractivity contribution is 6.19. The lowest BCUT2D eigenvalue weighted by atomic mass is 9.96. The minimum atomic E-state index is -0.812. The molecule has 0 radical (unpaired) electrons. The molecule has 0 bridgehead atoms. The SMILES string of the molecule is Cc1ccc(N=C=O)cc1N=C=O.O=C(c1ccc2c(c1)C(=O)OC2=O)c1ccc2c(c1)C(=O)OC2=O.O=C=Nc1ccc(Cc2ccc(N=C=O)cc2)cc1. The van der Waals surface area contributed by atoms with Crippen molar-refractivity contribution >= 4 is 76.7 Å². The number of cyclic esters (lactones) is 4. The molecule has 0 spiro atoms. The van der Waals surface area contributed by atoms with Crippen molar-refractivity contribution in [3.63, 3.8) is 0 Å². The van der Waals surface area contributed by atoms with Crippen LogP contribution in [-0.4, -0.2) is 54.0 Å². The molecule has 272 valence electrons. The summed E-state index contributed by atoms with van der Waals surface area (Å²) in [5.74, 6) is -3.61. The summed E-state index contributed by atoms with van der Waals surface area (Å²) in [5, 5.41) is 0. The lowest BCUT2D eigenvalue weighted by Gasteiger charge is -2.03. The molecular formula is C41H22N4O11. The Kier molecular flexibility index (Phi) is 12.4. The van der Waals surface area contributed by atoms with Gasteiger partial charge in [0.1, 0.15) is 0 Å². The second-order valence-electron chi connectivity index (χ2n) is 11.5. The minimum absolute atomic E-state index is 0.0154. The van der Waals surface area contributed by atoms with Crippen LogP contribution in [0.4, 0.5) is 22.7 Å². The number of rotatable bonds is 8. The van der Waals surface area contributed by atoms with Crippen LogP contribution in [0.1, 0.15) is 74.0 Å². The second-order valence-corrected chi connectivity index (χ2v) is 11.5. The van der Waals surface area contributed by atoms with Crippen LogP contribution in [0.2, 0.25) is 0 Å². The van der Waals surface area contributed by atoms with Crippen molar-refractivity contribution in [2.75, 3.05) is 0 Å². The summed E-state index contributed by atoms with van der Waals surface area (Å²) in [4.78, 5) is 113. The molecule has 0 aromatic heterocycles. The molecule has 0 N–H and O–H groups in total. The number of fused-ring (bicyclic) bond motifs is 2. The van der Waals surface area contributed by atoms with E-state index in [1.165, 1.54) is 66.8 Å². The number of carbonyl (C=O) groups is 5. The van der Waals surface area contributed by atoms with E-state index in [9.17, 15) is 43.2 Å². The summed E-state index contributed by atoms with van der Waals surface area (Å²) in [6, 6.07) is 27.6. The maximum atomic E-state index is 12.5. The van der Waals surface area contributed by atoms with Gasteiger partial charge in [-0.2, -0.15) is 20.0 Å². The van der Waals surface area contributed by atoms with Crippen molar-refractivity contribution in [2.24, 2.45) is 20.0 Å². The summed E-state index contributed by atoms with van der Waals surface area (Å²) in [7, 11) is 0. The lowest BCUT2D eigenvalue weighted by molar-refractivity contribution is 0.0425. The molecule has 7 rings (SSSR count). The first-order chi connectivity index (χ1) is 27.0. The first-order valence-electron chi connectivity index (χ1n) is 16.0. The van der Waals surface area contributed by atoms with Gasteiger partial charge in [0.15, 0.2) is 5.78 Å². The number of isocyanates is 4. The molecule has 2 aliphatic rings. The number of ether oxygens (including phenoxy) is 2. The third-order valence-electron chi connectivity index (χ3n) is 7.98. The Morgan fingerprint density at radius 2 is 0.875 bits per heavy atom. The summed E-state index contributed by atoms with van der Waals surface area (Å²) < 4.78 is 8.94. The van der Waals surface area contributed by atoms with Crippen molar-refractivity contribution < 1.29 is 52.6 Å². The maximum Gasteiger partial charge on any atom is 0.346 e. The van der Waals surface area contributed by atoms with Gasteiger partial charge in [0, 0.05) is 11.1 Å². The fourth-order valence-electron chi connectivity index (χ4n) is 5.23. The van der Waals surface area contributed by atoms with Crippen LogP contribution in [0, 0.1) is 6.92 Å². The summed E-state index contributed by atoms with van der Waals surface area (Å²) in [5.41, 5.74) is 5.64. The van der Waals surface area contributed by atoms with Gasteiger partial charge < -0.3 is 9.47 Å². The van der Waals surface area contributed by atoms with Crippen LogP contribution >= 0.6 is 0 Å². The van der Waals surface area contributed by atoms with Crippen molar-refractivity contribution in [3.05, 3.63) is 153 Å². The van der Waals surface area contributed by atoms with E-state index in [2.05, 4.69) is 29.4 Å². The molecule has 2 aliphatic heterocycles. The van der Waals surface area contributed by atoms with Gasteiger partial charge in [-0.25, -0.2) is 38.4 Å². The molecule has 0 unspecified atom stereocenters. The van der Waals surface area contributed by atoms with Crippen molar-refractivity contribution in [2.45, 2.75) is 13.3 Å². The van der Waals surface area contributed by atoms with Gasteiger partial charge in [-0.15, -0.1) is 0 Å². The number of aryl methyl sites for hydroxylation is 1. The third-order valence-corrected chi connectivity index (χ3v) is 7.98. The van der Waals surface area contributed by atoms with E-state index in [0.717, 1.165) is 23.1 Å². The number of aliphatic imine (C=N–C) groups is 4. The number of nitrogens with zero attached hydrogens (tertiary/aromatic N) is 4. The average Bonchev–Trinajstić information content (AvgIpc) is 3.66. The van der Waals surface area contributed by atoms with Gasteiger partial charge in [-0.1, -0.05) is 42.5 Å². The van der Waals surface area contributed by atoms with Gasteiger partial charge in [0.25, 0.3) is 0 Å². The smallest absolute Gasteiger partial charge is 0.346 e. The highest BCUT2D eigenvalue weighted by Gasteiger charge is 2.32. The number of hydrogen-bond acceptors (Lipinski definition) is 15. The first kappa shape index (κ1) is 38.8. The fraction of sp³-hybridized carbons (Fsp3) is 0.0488. The number of esters is 4. The van der Waals surface area contributed by atoms with Crippen LogP contribution in [0.15, 0.2) is 123 Å². The monoisotopic (exact) mass is 746 g/mol. The Bertz CT molecular complexity index is 2490. The normalized spacial score (nSPS) is 11.5. The van der Waals surface area contributed by atoms with Crippen LogP contribution in [0.25, 0.3) is 0 Å². The summed E-state index contributed by atoms with van der Waals surface area (Å²) in [6.07, 6.45) is 6.61.